The Morgan fingerprint density at radius 1 is 1.03 bits per heavy atom. The molecule has 0 fully saturated rings. The molecule has 1 N–H and O–H groups in total. The highest BCUT2D eigenvalue weighted by molar-refractivity contribution is 5.93. The quantitative estimate of drug-likeness (QED) is 0.498. The van der Waals surface area contributed by atoms with E-state index in [1.807, 2.05) is 42.5 Å². The summed E-state index contributed by atoms with van der Waals surface area (Å²) in [6, 6.07) is 13.5. The van der Waals surface area contributed by atoms with Crippen molar-refractivity contribution < 1.29 is 14.1 Å². The van der Waals surface area contributed by atoms with Crippen LogP contribution in [-0.2, 0) is 24.1 Å². The zero-order chi connectivity index (χ0) is 21.3. The smallest absolute Gasteiger partial charge is 0.262 e. The molecule has 3 rings (SSSR count). The molecule has 158 valence electrons. The Balaban J connectivity index is 1.58. The Kier molecular flexibility index (Phi) is 7.60. The molecule has 0 spiro atoms. The number of amides is 1. The fourth-order valence-corrected chi connectivity index (χ4v) is 3.23. The third kappa shape index (κ3) is 5.47. The molecule has 0 aliphatic rings. The van der Waals surface area contributed by atoms with Crippen LogP contribution in [-0.4, -0.2) is 22.7 Å². The van der Waals surface area contributed by atoms with Gasteiger partial charge in [0.1, 0.15) is 5.75 Å². The summed E-state index contributed by atoms with van der Waals surface area (Å²) >= 11 is 0. The number of ether oxygens (including phenoxy) is 1. The predicted octanol–water partition coefficient (Wildman–Crippen LogP) is 5.22. The average molecular weight is 408 g/mol. The lowest BCUT2D eigenvalue weighted by Crippen LogP contribution is -2.21. The molecule has 1 heterocycles. The summed E-state index contributed by atoms with van der Waals surface area (Å²) in [7, 11) is 0. The van der Waals surface area contributed by atoms with Crippen LogP contribution in [0.3, 0.4) is 0 Å². The number of unbranched alkanes of at least 4 members (excludes halogenated alkanes) is 1. The number of carbonyl (C=O) groups is 1. The molecule has 0 saturated heterocycles. The number of anilines is 1. The summed E-state index contributed by atoms with van der Waals surface area (Å²) in [5, 5.41) is 7.04. The Morgan fingerprint density at radius 2 is 1.73 bits per heavy atom. The first-order valence-electron chi connectivity index (χ1n) is 10.6. The number of para-hydroxylation sites is 1. The van der Waals surface area contributed by atoms with Crippen LogP contribution in [0.2, 0.25) is 0 Å². The van der Waals surface area contributed by atoms with E-state index in [1.54, 1.807) is 0 Å². The lowest BCUT2D eigenvalue weighted by Gasteiger charge is -2.14. The number of nitrogens with zero attached hydrogens (tertiary/aromatic N) is 2. The fraction of sp³-hybridized carbons (Fsp3) is 0.375. The van der Waals surface area contributed by atoms with Gasteiger partial charge in [-0.05, 0) is 54.7 Å². The Bertz CT molecular complexity index is 942. The first kappa shape index (κ1) is 21.6. The average Bonchev–Trinajstić information content (AvgIpc) is 3.25. The second-order valence-electron chi connectivity index (χ2n) is 7.13. The maximum Gasteiger partial charge on any atom is 0.262 e. The molecule has 0 aliphatic heterocycles. The molecule has 1 amide bonds. The summed E-state index contributed by atoms with van der Waals surface area (Å²) in [6.07, 6.45) is 4.63. The molecule has 3 aromatic rings. The van der Waals surface area contributed by atoms with Crippen LogP contribution in [0.25, 0.3) is 11.4 Å². The summed E-state index contributed by atoms with van der Waals surface area (Å²) in [6.45, 7) is 6.24. The van der Waals surface area contributed by atoms with E-state index in [1.165, 1.54) is 0 Å². The molecule has 30 heavy (non-hydrogen) atoms. The predicted molar refractivity (Wildman–Crippen MR) is 118 cm³/mol. The maximum atomic E-state index is 12.4. The molecular formula is C24H29N3O3. The molecule has 0 atom stereocenters. The molecule has 0 saturated carbocycles. The normalized spacial score (nSPS) is 10.8. The minimum atomic E-state index is -0.173. The van der Waals surface area contributed by atoms with Crippen LogP contribution in [0.1, 0.15) is 50.6 Å². The van der Waals surface area contributed by atoms with Gasteiger partial charge in [-0.3, -0.25) is 4.79 Å². The van der Waals surface area contributed by atoms with Crippen molar-refractivity contribution in [2.75, 3.05) is 11.9 Å². The first-order chi connectivity index (χ1) is 14.6. The minimum absolute atomic E-state index is 0.0517. The largest absolute Gasteiger partial charge is 0.484 e. The van der Waals surface area contributed by atoms with Gasteiger partial charge in [-0.25, -0.2) is 0 Å². The van der Waals surface area contributed by atoms with Gasteiger partial charge in [0, 0.05) is 17.7 Å². The van der Waals surface area contributed by atoms with Gasteiger partial charge in [-0.1, -0.05) is 50.5 Å². The van der Waals surface area contributed by atoms with Crippen molar-refractivity contribution in [2.24, 2.45) is 0 Å². The van der Waals surface area contributed by atoms with Crippen LogP contribution in [0.5, 0.6) is 5.75 Å². The third-order valence-electron chi connectivity index (χ3n) is 4.96. The van der Waals surface area contributed by atoms with E-state index in [9.17, 15) is 4.79 Å². The van der Waals surface area contributed by atoms with Gasteiger partial charge in [-0.2, -0.15) is 4.98 Å². The zero-order valence-electron chi connectivity index (χ0n) is 17.9. The number of benzene rings is 2. The summed E-state index contributed by atoms with van der Waals surface area (Å²) in [5.41, 5.74) is 4.01. The summed E-state index contributed by atoms with van der Waals surface area (Å²) < 4.78 is 10.9. The molecule has 1 aromatic heterocycles. The van der Waals surface area contributed by atoms with Gasteiger partial charge < -0.3 is 14.6 Å². The number of rotatable bonds is 10. The van der Waals surface area contributed by atoms with E-state index in [-0.39, 0.29) is 12.5 Å². The van der Waals surface area contributed by atoms with Crippen molar-refractivity contribution in [1.29, 1.82) is 0 Å². The molecular weight excluding hydrogens is 378 g/mol. The minimum Gasteiger partial charge on any atom is -0.484 e. The monoisotopic (exact) mass is 407 g/mol. The van der Waals surface area contributed by atoms with Crippen LogP contribution < -0.4 is 10.1 Å². The Labute approximate surface area is 177 Å². The van der Waals surface area contributed by atoms with E-state index in [0.29, 0.717) is 17.5 Å². The van der Waals surface area contributed by atoms with E-state index < -0.39 is 0 Å². The first-order valence-corrected chi connectivity index (χ1v) is 10.6. The highest BCUT2D eigenvalue weighted by Gasteiger charge is 2.12. The van der Waals surface area contributed by atoms with Crippen molar-refractivity contribution in [3.8, 4) is 17.1 Å². The number of hydrogen-bond acceptors (Lipinski definition) is 5. The number of hydrogen-bond donors (Lipinski definition) is 1. The van der Waals surface area contributed by atoms with Crippen molar-refractivity contribution in [2.45, 2.75) is 52.9 Å². The van der Waals surface area contributed by atoms with Gasteiger partial charge in [0.2, 0.25) is 11.7 Å². The molecule has 6 heteroatoms. The third-order valence-corrected chi connectivity index (χ3v) is 4.96. The summed E-state index contributed by atoms with van der Waals surface area (Å²) in [5.74, 6) is 1.66. The lowest BCUT2D eigenvalue weighted by molar-refractivity contribution is -0.118. The Morgan fingerprint density at radius 3 is 2.37 bits per heavy atom. The number of carbonyl (C=O) groups excluding carboxylic acids is 1. The number of nitrogens with one attached hydrogen (secondary N) is 1. The van der Waals surface area contributed by atoms with Crippen molar-refractivity contribution in [1.82, 2.24) is 10.1 Å². The van der Waals surface area contributed by atoms with Gasteiger partial charge >= 0.3 is 0 Å². The molecule has 0 aliphatic carbocycles. The van der Waals surface area contributed by atoms with E-state index in [0.717, 1.165) is 54.5 Å². The van der Waals surface area contributed by atoms with Gasteiger partial charge in [0.05, 0.1) is 0 Å². The standard InChI is InChI=1S/C24H29N3O3/c1-4-7-11-22-26-24(27-30-22)19-12-14-20(15-13-19)29-16-21(28)25-23-17(5-2)9-8-10-18(23)6-3/h8-10,12-15H,4-7,11,16H2,1-3H3,(H,25,28). The molecule has 6 nitrogen and oxygen atoms in total. The molecule has 0 bridgehead atoms. The summed E-state index contributed by atoms with van der Waals surface area (Å²) in [4.78, 5) is 16.8. The molecule has 2 aromatic carbocycles. The van der Waals surface area contributed by atoms with Crippen molar-refractivity contribution >= 4 is 11.6 Å². The Hall–Kier alpha value is -3.15. The van der Waals surface area contributed by atoms with E-state index in [2.05, 4.69) is 36.2 Å². The zero-order valence-corrected chi connectivity index (χ0v) is 17.9. The maximum absolute atomic E-state index is 12.4. The lowest BCUT2D eigenvalue weighted by atomic mass is 10.0. The van der Waals surface area contributed by atoms with E-state index >= 15 is 0 Å². The molecule has 0 unspecified atom stereocenters. The second kappa shape index (κ2) is 10.6. The van der Waals surface area contributed by atoms with Gasteiger partial charge in [-0.15, -0.1) is 0 Å². The highest BCUT2D eigenvalue weighted by atomic mass is 16.5. The van der Waals surface area contributed by atoms with Crippen LogP contribution >= 0.6 is 0 Å². The van der Waals surface area contributed by atoms with Crippen molar-refractivity contribution in [3.63, 3.8) is 0 Å². The number of aromatic nitrogens is 2. The van der Waals surface area contributed by atoms with E-state index in [4.69, 9.17) is 9.26 Å². The van der Waals surface area contributed by atoms with Gasteiger partial charge in [0.15, 0.2) is 6.61 Å². The van der Waals surface area contributed by atoms with Crippen LogP contribution in [0.15, 0.2) is 47.0 Å². The SMILES string of the molecule is CCCCc1nc(-c2ccc(OCC(=O)Nc3c(CC)cccc3CC)cc2)no1. The number of aryl methyl sites for hydroxylation is 3. The van der Waals surface area contributed by atoms with Gasteiger partial charge in [0.25, 0.3) is 5.91 Å². The van der Waals surface area contributed by atoms with Crippen LogP contribution in [0.4, 0.5) is 5.69 Å². The fourth-order valence-electron chi connectivity index (χ4n) is 3.23. The van der Waals surface area contributed by atoms with Crippen LogP contribution in [0, 0.1) is 0 Å². The molecule has 0 radical (unpaired) electrons. The second-order valence-corrected chi connectivity index (χ2v) is 7.13. The topological polar surface area (TPSA) is 77.2 Å². The highest BCUT2D eigenvalue weighted by Crippen LogP contribution is 2.23. The van der Waals surface area contributed by atoms with Crippen molar-refractivity contribution in [3.05, 3.63) is 59.5 Å².